The van der Waals surface area contributed by atoms with Gasteiger partial charge in [0, 0.05) is 23.5 Å². The van der Waals surface area contributed by atoms with Crippen molar-refractivity contribution in [2.45, 2.75) is 13.8 Å². The smallest absolute Gasteiger partial charge is 0.343 e. The Labute approximate surface area is 173 Å². The molecule has 1 aliphatic rings. The Morgan fingerprint density at radius 1 is 1.07 bits per heavy atom. The zero-order valence-corrected chi connectivity index (χ0v) is 16.5. The van der Waals surface area contributed by atoms with E-state index in [1.54, 1.807) is 37.3 Å². The third-order valence-electron chi connectivity index (χ3n) is 4.66. The predicted octanol–water partition coefficient (Wildman–Crippen LogP) is 4.62. The third kappa shape index (κ3) is 3.67. The van der Waals surface area contributed by atoms with Gasteiger partial charge >= 0.3 is 5.97 Å². The van der Waals surface area contributed by atoms with E-state index in [1.165, 1.54) is 12.4 Å². The van der Waals surface area contributed by atoms with Crippen molar-refractivity contribution in [1.82, 2.24) is 4.98 Å². The normalized spacial score (nSPS) is 13.7. The largest absolute Gasteiger partial charge is 0.493 e. The minimum atomic E-state index is -0.508. The highest BCUT2D eigenvalue weighted by Gasteiger charge is 2.31. The van der Waals surface area contributed by atoms with Gasteiger partial charge in [-0.25, -0.2) is 4.79 Å². The Morgan fingerprint density at radius 3 is 2.60 bits per heavy atom. The first-order valence-corrected chi connectivity index (χ1v) is 9.50. The lowest BCUT2D eigenvalue weighted by Crippen LogP contribution is -2.09. The SMILES string of the molecule is CCOc1ccccc1/C=C1\Oc2c(ccc(OC(=O)c3ccncc3)c2C)C1=O. The van der Waals surface area contributed by atoms with Gasteiger partial charge in [0.1, 0.15) is 17.2 Å². The topological polar surface area (TPSA) is 74.7 Å². The Balaban J connectivity index is 1.62. The lowest BCUT2D eigenvalue weighted by molar-refractivity contribution is 0.0733. The molecule has 1 aromatic heterocycles. The molecule has 0 unspecified atom stereocenters. The minimum absolute atomic E-state index is 0.192. The quantitative estimate of drug-likeness (QED) is 0.353. The third-order valence-corrected chi connectivity index (χ3v) is 4.66. The maximum absolute atomic E-state index is 12.8. The average molecular weight is 401 g/mol. The number of hydrogen-bond donors (Lipinski definition) is 0. The van der Waals surface area contributed by atoms with E-state index < -0.39 is 5.97 Å². The fraction of sp³-hybridized carbons (Fsp3) is 0.125. The van der Waals surface area contributed by atoms with Crippen molar-refractivity contribution >= 4 is 17.8 Å². The van der Waals surface area contributed by atoms with Gasteiger partial charge in [-0.05, 0) is 50.3 Å². The maximum atomic E-state index is 12.8. The number of Topliss-reactive ketones (excluding diaryl/α,β-unsaturated/α-hetero) is 1. The summed E-state index contributed by atoms with van der Waals surface area (Å²) in [6.07, 6.45) is 4.70. The molecule has 0 aliphatic carbocycles. The van der Waals surface area contributed by atoms with E-state index in [1.807, 2.05) is 31.2 Å². The van der Waals surface area contributed by atoms with Gasteiger partial charge in [0.25, 0.3) is 0 Å². The van der Waals surface area contributed by atoms with Crippen molar-refractivity contribution in [2.24, 2.45) is 0 Å². The second-order valence-corrected chi connectivity index (χ2v) is 6.60. The number of benzene rings is 2. The first kappa shape index (κ1) is 19.4. The molecule has 0 N–H and O–H groups in total. The van der Waals surface area contributed by atoms with Gasteiger partial charge in [0.15, 0.2) is 5.76 Å². The Bertz CT molecular complexity index is 1150. The second-order valence-electron chi connectivity index (χ2n) is 6.60. The predicted molar refractivity (Wildman–Crippen MR) is 111 cm³/mol. The summed E-state index contributed by atoms with van der Waals surface area (Å²) in [5.41, 5.74) is 2.13. The second kappa shape index (κ2) is 8.21. The summed E-state index contributed by atoms with van der Waals surface area (Å²) < 4.78 is 17.0. The molecule has 2 aromatic carbocycles. The molecule has 4 rings (SSSR count). The molecule has 0 saturated carbocycles. The van der Waals surface area contributed by atoms with Gasteiger partial charge in [0.05, 0.1) is 17.7 Å². The van der Waals surface area contributed by atoms with Gasteiger partial charge in [-0.3, -0.25) is 9.78 Å². The van der Waals surface area contributed by atoms with Crippen LogP contribution in [-0.4, -0.2) is 23.3 Å². The molecule has 0 amide bonds. The molecular weight excluding hydrogens is 382 g/mol. The number of nitrogens with zero attached hydrogens (tertiary/aromatic N) is 1. The number of aromatic nitrogens is 1. The summed E-state index contributed by atoms with van der Waals surface area (Å²) in [6, 6.07) is 13.8. The molecule has 6 nitrogen and oxygen atoms in total. The summed E-state index contributed by atoms with van der Waals surface area (Å²) in [5.74, 6) is 0.846. The molecule has 3 aromatic rings. The summed E-state index contributed by atoms with van der Waals surface area (Å²) >= 11 is 0. The molecular formula is C24H19NO5. The Kier molecular flexibility index (Phi) is 5.30. The number of rotatable bonds is 5. The van der Waals surface area contributed by atoms with Crippen LogP contribution in [0.4, 0.5) is 0 Å². The van der Waals surface area contributed by atoms with Gasteiger partial charge < -0.3 is 14.2 Å². The van der Waals surface area contributed by atoms with Gasteiger partial charge in [-0.15, -0.1) is 0 Å². The van der Waals surface area contributed by atoms with E-state index in [2.05, 4.69) is 4.98 Å². The van der Waals surface area contributed by atoms with Crippen molar-refractivity contribution < 1.29 is 23.8 Å². The number of fused-ring (bicyclic) bond motifs is 1. The number of esters is 1. The van der Waals surface area contributed by atoms with Crippen LogP contribution in [0.25, 0.3) is 6.08 Å². The number of carbonyl (C=O) groups is 2. The highest BCUT2D eigenvalue weighted by Crippen LogP contribution is 2.40. The number of ether oxygens (including phenoxy) is 3. The molecule has 30 heavy (non-hydrogen) atoms. The lowest BCUT2D eigenvalue weighted by Gasteiger charge is -2.10. The summed E-state index contributed by atoms with van der Waals surface area (Å²) in [6.45, 7) is 4.16. The highest BCUT2D eigenvalue weighted by molar-refractivity contribution is 6.15. The molecule has 0 bridgehead atoms. The fourth-order valence-corrected chi connectivity index (χ4v) is 3.15. The summed E-state index contributed by atoms with van der Waals surface area (Å²) in [4.78, 5) is 29.1. The van der Waals surface area contributed by atoms with E-state index in [0.29, 0.717) is 40.5 Å². The monoisotopic (exact) mass is 401 g/mol. The van der Waals surface area contributed by atoms with Crippen LogP contribution in [0, 0.1) is 6.92 Å². The molecule has 1 aliphatic heterocycles. The number of pyridine rings is 1. The number of ketones is 1. The van der Waals surface area contributed by atoms with Gasteiger partial charge in [-0.2, -0.15) is 0 Å². The number of carbonyl (C=O) groups excluding carboxylic acids is 2. The van der Waals surface area contributed by atoms with Crippen LogP contribution < -0.4 is 14.2 Å². The van der Waals surface area contributed by atoms with Crippen LogP contribution in [0.15, 0.2) is 66.7 Å². The molecule has 150 valence electrons. The molecule has 2 heterocycles. The summed E-state index contributed by atoms with van der Waals surface area (Å²) in [7, 11) is 0. The van der Waals surface area contributed by atoms with E-state index in [-0.39, 0.29) is 11.5 Å². The van der Waals surface area contributed by atoms with Gasteiger partial charge in [0.2, 0.25) is 5.78 Å². The van der Waals surface area contributed by atoms with Gasteiger partial charge in [-0.1, -0.05) is 18.2 Å². The molecule has 0 saturated heterocycles. The van der Waals surface area contributed by atoms with Crippen molar-refractivity contribution in [3.8, 4) is 17.2 Å². The molecule has 0 fully saturated rings. The Hall–Kier alpha value is -3.93. The van der Waals surface area contributed by atoms with Crippen LogP contribution in [0.3, 0.4) is 0 Å². The first-order chi connectivity index (χ1) is 14.6. The number of allylic oxidation sites excluding steroid dienone is 1. The lowest BCUT2D eigenvalue weighted by atomic mass is 10.1. The zero-order valence-electron chi connectivity index (χ0n) is 16.5. The van der Waals surface area contributed by atoms with Crippen LogP contribution in [0.2, 0.25) is 0 Å². The van der Waals surface area contributed by atoms with E-state index in [4.69, 9.17) is 14.2 Å². The van der Waals surface area contributed by atoms with E-state index >= 15 is 0 Å². The zero-order chi connectivity index (χ0) is 21.1. The van der Waals surface area contributed by atoms with Crippen molar-refractivity contribution in [3.63, 3.8) is 0 Å². The maximum Gasteiger partial charge on any atom is 0.343 e. The van der Waals surface area contributed by atoms with Crippen molar-refractivity contribution in [1.29, 1.82) is 0 Å². The highest BCUT2D eigenvalue weighted by atomic mass is 16.5. The van der Waals surface area contributed by atoms with E-state index in [0.717, 1.165) is 5.56 Å². The van der Waals surface area contributed by atoms with Crippen LogP contribution in [0.1, 0.15) is 38.8 Å². The average Bonchev–Trinajstić information content (AvgIpc) is 3.08. The molecule has 6 heteroatoms. The van der Waals surface area contributed by atoms with Crippen molar-refractivity contribution in [3.05, 3.63) is 88.9 Å². The summed E-state index contributed by atoms with van der Waals surface area (Å²) in [5, 5.41) is 0. The van der Waals surface area contributed by atoms with E-state index in [9.17, 15) is 9.59 Å². The van der Waals surface area contributed by atoms with Crippen LogP contribution in [0.5, 0.6) is 17.2 Å². The number of hydrogen-bond acceptors (Lipinski definition) is 6. The molecule has 0 spiro atoms. The molecule has 0 atom stereocenters. The van der Waals surface area contributed by atoms with Crippen LogP contribution >= 0.6 is 0 Å². The molecule has 0 radical (unpaired) electrons. The first-order valence-electron chi connectivity index (χ1n) is 9.50. The fourth-order valence-electron chi connectivity index (χ4n) is 3.15. The standard InChI is InChI=1S/C24H19NO5/c1-3-28-20-7-5-4-6-17(20)14-21-22(26)18-8-9-19(15(2)23(18)29-21)30-24(27)16-10-12-25-13-11-16/h4-14H,3H2,1-2H3/b21-14-. The van der Waals surface area contributed by atoms with Crippen LogP contribution in [-0.2, 0) is 0 Å². The Morgan fingerprint density at radius 2 is 1.83 bits per heavy atom. The van der Waals surface area contributed by atoms with Crippen molar-refractivity contribution in [2.75, 3.05) is 6.61 Å². The minimum Gasteiger partial charge on any atom is -0.493 e. The number of para-hydroxylation sites is 1.